The van der Waals surface area contributed by atoms with Crippen LogP contribution < -0.4 is 20.1 Å². The van der Waals surface area contributed by atoms with Crippen LogP contribution in [0.1, 0.15) is 31.2 Å². The van der Waals surface area contributed by atoms with Gasteiger partial charge in [-0.25, -0.2) is 0 Å². The number of hydrogen-bond acceptors (Lipinski definition) is 4. The molecule has 1 fully saturated rings. The fraction of sp³-hybridized carbons (Fsp3) is 0.588. The van der Waals surface area contributed by atoms with E-state index in [4.69, 9.17) is 9.47 Å². The normalized spacial score (nSPS) is 14.8. The number of rotatable bonds is 8. The summed E-state index contributed by atoms with van der Waals surface area (Å²) in [5, 5.41) is 6.26. The molecule has 1 aromatic carbocycles. The van der Waals surface area contributed by atoms with Crippen molar-refractivity contribution in [2.24, 2.45) is 0 Å². The molecule has 1 saturated carbocycles. The number of methoxy groups -OCH3 is 2. The SMILES string of the molecule is COc1ccc(CCNCC(=O)NC2CCCC2)cc1OC. The van der Waals surface area contributed by atoms with Crippen LogP contribution in [0.5, 0.6) is 11.5 Å². The number of amides is 1. The molecule has 0 aromatic heterocycles. The Morgan fingerprint density at radius 1 is 1.18 bits per heavy atom. The Hall–Kier alpha value is -1.75. The molecule has 0 radical (unpaired) electrons. The number of hydrogen-bond donors (Lipinski definition) is 2. The van der Waals surface area contributed by atoms with Gasteiger partial charge in [0, 0.05) is 6.04 Å². The fourth-order valence-corrected chi connectivity index (χ4v) is 2.82. The smallest absolute Gasteiger partial charge is 0.234 e. The van der Waals surface area contributed by atoms with Gasteiger partial charge in [0.05, 0.1) is 20.8 Å². The number of carbonyl (C=O) groups excluding carboxylic acids is 1. The van der Waals surface area contributed by atoms with Gasteiger partial charge in [-0.3, -0.25) is 4.79 Å². The molecule has 1 aliphatic carbocycles. The maximum atomic E-state index is 11.8. The van der Waals surface area contributed by atoms with E-state index in [1.54, 1.807) is 14.2 Å². The largest absolute Gasteiger partial charge is 0.493 e. The van der Waals surface area contributed by atoms with Crippen molar-refractivity contribution in [3.05, 3.63) is 23.8 Å². The lowest BCUT2D eigenvalue weighted by atomic mass is 10.1. The monoisotopic (exact) mass is 306 g/mol. The van der Waals surface area contributed by atoms with Gasteiger partial charge in [-0.1, -0.05) is 18.9 Å². The summed E-state index contributed by atoms with van der Waals surface area (Å²) in [6.45, 7) is 1.14. The van der Waals surface area contributed by atoms with E-state index in [2.05, 4.69) is 10.6 Å². The molecule has 5 heteroatoms. The van der Waals surface area contributed by atoms with Crippen LogP contribution in [0.4, 0.5) is 0 Å². The van der Waals surface area contributed by atoms with E-state index in [0.717, 1.165) is 42.9 Å². The Labute approximate surface area is 132 Å². The molecule has 1 aliphatic rings. The standard InChI is InChI=1S/C17H26N2O3/c1-21-15-8-7-13(11-16(15)22-2)9-10-18-12-17(20)19-14-5-3-4-6-14/h7-8,11,14,18H,3-6,9-10,12H2,1-2H3,(H,19,20). The summed E-state index contributed by atoms with van der Waals surface area (Å²) in [5.74, 6) is 1.56. The van der Waals surface area contributed by atoms with Crippen molar-refractivity contribution in [1.29, 1.82) is 0 Å². The lowest BCUT2D eigenvalue weighted by Gasteiger charge is -2.12. The van der Waals surface area contributed by atoms with E-state index in [9.17, 15) is 4.79 Å². The summed E-state index contributed by atoms with van der Waals surface area (Å²) < 4.78 is 10.5. The molecule has 0 unspecified atom stereocenters. The van der Waals surface area contributed by atoms with Crippen LogP contribution in [0.15, 0.2) is 18.2 Å². The molecule has 0 bridgehead atoms. The van der Waals surface area contributed by atoms with Crippen molar-refractivity contribution >= 4 is 5.91 Å². The minimum Gasteiger partial charge on any atom is -0.493 e. The Morgan fingerprint density at radius 3 is 2.59 bits per heavy atom. The van der Waals surface area contributed by atoms with Crippen molar-refractivity contribution in [2.75, 3.05) is 27.3 Å². The first kappa shape index (κ1) is 16.6. The van der Waals surface area contributed by atoms with Gasteiger partial charge in [0.15, 0.2) is 11.5 Å². The van der Waals surface area contributed by atoms with E-state index in [0.29, 0.717) is 12.6 Å². The minimum absolute atomic E-state index is 0.0965. The van der Waals surface area contributed by atoms with Crippen molar-refractivity contribution in [3.8, 4) is 11.5 Å². The predicted molar refractivity (Wildman–Crippen MR) is 86.5 cm³/mol. The first-order valence-corrected chi connectivity index (χ1v) is 7.94. The zero-order valence-corrected chi connectivity index (χ0v) is 13.5. The second kappa shape index (κ2) is 8.63. The van der Waals surface area contributed by atoms with Crippen LogP contribution >= 0.6 is 0 Å². The number of ether oxygens (including phenoxy) is 2. The molecule has 0 heterocycles. The van der Waals surface area contributed by atoms with Crippen LogP contribution in [0.25, 0.3) is 0 Å². The molecule has 2 N–H and O–H groups in total. The summed E-state index contributed by atoms with van der Waals surface area (Å²) >= 11 is 0. The summed E-state index contributed by atoms with van der Waals surface area (Å²) in [6, 6.07) is 6.28. The van der Waals surface area contributed by atoms with Crippen LogP contribution in [0.3, 0.4) is 0 Å². The average molecular weight is 306 g/mol. The van der Waals surface area contributed by atoms with E-state index in [1.807, 2.05) is 18.2 Å². The first-order valence-electron chi connectivity index (χ1n) is 7.94. The van der Waals surface area contributed by atoms with Crippen molar-refractivity contribution in [1.82, 2.24) is 10.6 Å². The molecule has 0 aliphatic heterocycles. The summed E-state index contributed by atoms with van der Waals surface area (Å²) in [5.41, 5.74) is 1.15. The summed E-state index contributed by atoms with van der Waals surface area (Å²) in [4.78, 5) is 11.8. The van der Waals surface area contributed by atoms with Gasteiger partial charge >= 0.3 is 0 Å². The average Bonchev–Trinajstić information content (AvgIpc) is 3.04. The third-order valence-corrected chi connectivity index (χ3v) is 4.04. The molecule has 22 heavy (non-hydrogen) atoms. The van der Waals surface area contributed by atoms with Crippen molar-refractivity contribution in [3.63, 3.8) is 0 Å². The van der Waals surface area contributed by atoms with Crippen LogP contribution in [0, 0.1) is 0 Å². The van der Waals surface area contributed by atoms with Gasteiger partial charge in [-0.2, -0.15) is 0 Å². The van der Waals surface area contributed by atoms with Gasteiger partial charge in [-0.05, 0) is 43.5 Å². The molecular formula is C17H26N2O3. The Bertz CT molecular complexity index is 485. The highest BCUT2D eigenvalue weighted by Gasteiger charge is 2.16. The molecule has 0 spiro atoms. The zero-order valence-electron chi connectivity index (χ0n) is 13.5. The number of benzene rings is 1. The van der Waals surface area contributed by atoms with Gasteiger partial charge in [0.1, 0.15) is 0 Å². The highest BCUT2D eigenvalue weighted by atomic mass is 16.5. The minimum atomic E-state index is 0.0965. The van der Waals surface area contributed by atoms with E-state index in [-0.39, 0.29) is 5.91 Å². The second-order valence-corrected chi connectivity index (χ2v) is 5.67. The molecule has 1 amide bonds. The van der Waals surface area contributed by atoms with E-state index in [1.165, 1.54) is 12.8 Å². The van der Waals surface area contributed by atoms with Gasteiger partial charge < -0.3 is 20.1 Å². The Balaban J connectivity index is 1.68. The molecular weight excluding hydrogens is 280 g/mol. The second-order valence-electron chi connectivity index (χ2n) is 5.67. The highest BCUT2D eigenvalue weighted by molar-refractivity contribution is 5.78. The van der Waals surface area contributed by atoms with Crippen LogP contribution in [-0.2, 0) is 11.2 Å². The molecule has 5 nitrogen and oxygen atoms in total. The van der Waals surface area contributed by atoms with E-state index < -0.39 is 0 Å². The third-order valence-electron chi connectivity index (χ3n) is 4.04. The van der Waals surface area contributed by atoms with E-state index >= 15 is 0 Å². The third kappa shape index (κ3) is 4.91. The fourth-order valence-electron chi connectivity index (χ4n) is 2.82. The lowest BCUT2D eigenvalue weighted by Crippen LogP contribution is -2.39. The quantitative estimate of drug-likeness (QED) is 0.720. The molecule has 0 atom stereocenters. The Morgan fingerprint density at radius 2 is 1.91 bits per heavy atom. The van der Waals surface area contributed by atoms with Gasteiger partial charge in [-0.15, -0.1) is 0 Å². The summed E-state index contributed by atoms with van der Waals surface area (Å²) in [7, 11) is 3.26. The number of carbonyl (C=O) groups is 1. The predicted octanol–water partition coefficient (Wildman–Crippen LogP) is 1.89. The van der Waals surface area contributed by atoms with Crippen molar-refractivity contribution < 1.29 is 14.3 Å². The zero-order chi connectivity index (χ0) is 15.8. The highest BCUT2D eigenvalue weighted by Crippen LogP contribution is 2.27. The number of nitrogens with one attached hydrogen (secondary N) is 2. The van der Waals surface area contributed by atoms with Gasteiger partial charge in [0.2, 0.25) is 5.91 Å². The molecule has 2 rings (SSSR count). The topological polar surface area (TPSA) is 59.6 Å². The Kier molecular flexibility index (Phi) is 6.52. The first-order chi connectivity index (χ1) is 10.7. The maximum absolute atomic E-state index is 11.8. The summed E-state index contributed by atoms with van der Waals surface area (Å²) in [6.07, 6.45) is 5.56. The lowest BCUT2D eigenvalue weighted by molar-refractivity contribution is -0.120. The molecule has 122 valence electrons. The van der Waals surface area contributed by atoms with Crippen LogP contribution in [0.2, 0.25) is 0 Å². The van der Waals surface area contributed by atoms with Crippen molar-refractivity contribution in [2.45, 2.75) is 38.1 Å². The van der Waals surface area contributed by atoms with Gasteiger partial charge in [0.25, 0.3) is 0 Å². The molecule has 1 aromatic rings. The maximum Gasteiger partial charge on any atom is 0.234 e. The van der Waals surface area contributed by atoms with Crippen LogP contribution in [-0.4, -0.2) is 39.3 Å². The molecule has 0 saturated heterocycles.